The summed E-state index contributed by atoms with van der Waals surface area (Å²) in [6, 6.07) is 9.13. The fourth-order valence-electron chi connectivity index (χ4n) is 2.42. The highest BCUT2D eigenvalue weighted by molar-refractivity contribution is 6.32. The van der Waals surface area contributed by atoms with Crippen molar-refractivity contribution in [1.29, 1.82) is 0 Å². The number of benzene rings is 1. The van der Waals surface area contributed by atoms with Gasteiger partial charge in [-0.05, 0) is 17.7 Å². The molecule has 2 aromatic rings. The lowest BCUT2D eigenvalue weighted by Gasteiger charge is -2.15. The maximum Gasteiger partial charge on any atom is 0.246 e. The Labute approximate surface area is 139 Å². The molecule has 1 aliphatic rings. The molecule has 0 radical (unpaired) electrons. The first-order chi connectivity index (χ1) is 11.2. The second kappa shape index (κ2) is 7.24. The fourth-order valence-corrected chi connectivity index (χ4v) is 2.62. The van der Waals surface area contributed by atoms with Crippen molar-refractivity contribution in [3.8, 4) is 5.88 Å². The summed E-state index contributed by atoms with van der Waals surface area (Å²) in [5.41, 5.74) is 0.829. The Kier molecular flexibility index (Phi) is 4.88. The summed E-state index contributed by atoms with van der Waals surface area (Å²) >= 11 is 6.07. The topological polar surface area (TPSA) is 55.3 Å². The average molecular weight is 330 g/mol. The molecular weight excluding hydrogens is 314 g/mol. The molecule has 0 bridgehead atoms. The third-order valence-corrected chi connectivity index (χ3v) is 3.95. The van der Waals surface area contributed by atoms with Gasteiger partial charge in [0.05, 0.1) is 6.54 Å². The summed E-state index contributed by atoms with van der Waals surface area (Å²) in [5.74, 6) is 0.490. The van der Waals surface area contributed by atoms with Crippen molar-refractivity contribution in [3.63, 3.8) is 0 Å². The van der Waals surface area contributed by atoms with Crippen molar-refractivity contribution in [2.45, 2.75) is 12.5 Å². The number of carbonyl (C=O) groups excluding carboxylic acids is 1. The summed E-state index contributed by atoms with van der Waals surface area (Å²) in [6.07, 6.45) is 7.11. The molecule has 5 nitrogen and oxygen atoms in total. The van der Waals surface area contributed by atoms with E-state index in [1.54, 1.807) is 35.4 Å². The SMILES string of the molecule is O=C(/C=C/c1ccccc1Cl)N1CCC(Oc2ccncn2)C1. The Morgan fingerprint density at radius 1 is 1.35 bits per heavy atom. The van der Waals surface area contributed by atoms with E-state index >= 15 is 0 Å². The van der Waals surface area contributed by atoms with Crippen LogP contribution in [0.2, 0.25) is 5.02 Å². The lowest BCUT2D eigenvalue weighted by molar-refractivity contribution is -0.125. The highest BCUT2D eigenvalue weighted by Crippen LogP contribution is 2.18. The lowest BCUT2D eigenvalue weighted by Crippen LogP contribution is -2.29. The van der Waals surface area contributed by atoms with Crippen molar-refractivity contribution in [2.75, 3.05) is 13.1 Å². The minimum atomic E-state index is -0.0429. The van der Waals surface area contributed by atoms with Crippen LogP contribution < -0.4 is 4.74 Å². The Morgan fingerprint density at radius 2 is 2.22 bits per heavy atom. The Hall–Kier alpha value is -2.40. The van der Waals surface area contributed by atoms with Crippen LogP contribution in [0.3, 0.4) is 0 Å². The van der Waals surface area contributed by atoms with Gasteiger partial charge in [0.15, 0.2) is 0 Å². The fraction of sp³-hybridized carbons (Fsp3) is 0.235. The van der Waals surface area contributed by atoms with Crippen LogP contribution in [0.15, 0.2) is 48.9 Å². The molecule has 118 valence electrons. The molecule has 3 rings (SSSR count). The van der Waals surface area contributed by atoms with Crippen LogP contribution in [0, 0.1) is 0 Å². The number of amides is 1. The maximum absolute atomic E-state index is 12.2. The molecule has 1 saturated heterocycles. The Morgan fingerprint density at radius 3 is 3.00 bits per heavy atom. The summed E-state index contributed by atoms with van der Waals surface area (Å²) in [7, 11) is 0. The maximum atomic E-state index is 12.2. The molecule has 1 atom stereocenters. The number of halogens is 1. The van der Waals surface area contributed by atoms with Crippen LogP contribution >= 0.6 is 11.6 Å². The van der Waals surface area contributed by atoms with Crippen LogP contribution in [-0.2, 0) is 4.79 Å². The molecular formula is C17H16ClN3O2. The van der Waals surface area contributed by atoms with Gasteiger partial charge in [-0.2, -0.15) is 0 Å². The summed E-state index contributed by atoms with van der Waals surface area (Å²) in [5, 5.41) is 0.628. The van der Waals surface area contributed by atoms with E-state index in [2.05, 4.69) is 9.97 Å². The van der Waals surface area contributed by atoms with E-state index < -0.39 is 0 Å². The molecule has 0 aliphatic carbocycles. The third-order valence-electron chi connectivity index (χ3n) is 3.61. The van der Waals surface area contributed by atoms with Gasteiger partial charge in [0.1, 0.15) is 12.4 Å². The number of rotatable bonds is 4. The zero-order valence-electron chi connectivity index (χ0n) is 12.4. The van der Waals surface area contributed by atoms with E-state index in [9.17, 15) is 4.79 Å². The van der Waals surface area contributed by atoms with Gasteiger partial charge in [-0.25, -0.2) is 9.97 Å². The third kappa shape index (κ3) is 4.07. The predicted octanol–water partition coefficient (Wildman–Crippen LogP) is 2.82. The highest BCUT2D eigenvalue weighted by atomic mass is 35.5. The summed E-state index contributed by atoms with van der Waals surface area (Å²) in [4.78, 5) is 21.9. The van der Waals surface area contributed by atoms with Gasteiger partial charge in [-0.3, -0.25) is 4.79 Å². The zero-order valence-corrected chi connectivity index (χ0v) is 13.2. The van der Waals surface area contributed by atoms with Crippen molar-refractivity contribution in [1.82, 2.24) is 14.9 Å². The molecule has 23 heavy (non-hydrogen) atoms. The van der Waals surface area contributed by atoms with Crippen LogP contribution in [0.5, 0.6) is 5.88 Å². The normalized spacial score (nSPS) is 17.6. The molecule has 1 fully saturated rings. The monoisotopic (exact) mass is 329 g/mol. The molecule has 0 saturated carbocycles. The van der Waals surface area contributed by atoms with Gasteiger partial charge in [-0.1, -0.05) is 29.8 Å². The van der Waals surface area contributed by atoms with E-state index in [4.69, 9.17) is 16.3 Å². The first-order valence-corrected chi connectivity index (χ1v) is 7.74. The molecule has 1 aromatic carbocycles. The van der Waals surface area contributed by atoms with E-state index in [0.29, 0.717) is 24.0 Å². The zero-order chi connectivity index (χ0) is 16.1. The minimum absolute atomic E-state index is 0.0393. The predicted molar refractivity (Wildman–Crippen MR) is 88.1 cm³/mol. The van der Waals surface area contributed by atoms with Crippen molar-refractivity contribution >= 4 is 23.6 Å². The van der Waals surface area contributed by atoms with E-state index in [1.165, 1.54) is 6.33 Å². The molecule has 0 N–H and O–H groups in total. The number of aromatic nitrogens is 2. The van der Waals surface area contributed by atoms with Gasteiger partial charge in [0.25, 0.3) is 0 Å². The van der Waals surface area contributed by atoms with Crippen molar-refractivity contribution in [3.05, 3.63) is 59.5 Å². The Balaban J connectivity index is 1.56. The smallest absolute Gasteiger partial charge is 0.246 e. The van der Waals surface area contributed by atoms with Crippen molar-refractivity contribution < 1.29 is 9.53 Å². The molecule has 1 unspecified atom stereocenters. The number of ether oxygens (including phenoxy) is 1. The number of carbonyl (C=O) groups is 1. The molecule has 6 heteroatoms. The van der Waals surface area contributed by atoms with Gasteiger partial charge < -0.3 is 9.64 Å². The highest BCUT2D eigenvalue weighted by Gasteiger charge is 2.26. The summed E-state index contributed by atoms with van der Waals surface area (Å²) < 4.78 is 5.75. The van der Waals surface area contributed by atoms with Gasteiger partial charge in [-0.15, -0.1) is 0 Å². The largest absolute Gasteiger partial charge is 0.472 e. The van der Waals surface area contributed by atoms with Crippen LogP contribution in [0.4, 0.5) is 0 Å². The number of hydrogen-bond donors (Lipinski definition) is 0. The molecule has 1 amide bonds. The Bertz CT molecular complexity index is 706. The van der Waals surface area contributed by atoms with Gasteiger partial charge >= 0.3 is 0 Å². The minimum Gasteiger partial charge on any atom is -0.472 e. The quantitative estimate of drug-likeness (QED) is 0.809. The number of hydrogen-bond acceptors (Lipinski definition) is 4. The molecule has 2 heterocycles. The number of nitrogens with zero attached hydrogens (tertiary/aromatic N) is 3. The second-order valence-corrected chi connectivity index (χ2v) is 5.62. The van der Waals surface area contributed by atoms with Gasteiger partial charge in [0.2, 0.25) is 11.8 Å². The first kappa shape index (κ1) is 15.5. The molecule has 0 spiro atoms. The van der Waals surface area contributed by atoms with Crippen LogP contribution in [0.25, 0.3) is 6.08 Å². The number of likely N-dealkylation sites (tertiary alicyclic amines) is 1. The lowest BCUT2D eigenvalue weighted by atomic mass is 10.2. The van der Waals surface area contributed by atoms with E-state index in [1.807, 2.05) is 18.2 Å². The van der Waals surface area contributed by atoms with E-state index in [-0.39, 0.29) is 12.0 Å². The van der Waals surface area contributed by atoms with Crippen LogP contribution in [-0.4, -0.2) is 40.0 Å². The first-order valence-electron chi connectivity index (χ1n) is 7.36. The van der Waals surface area contributed by atoms with Crippen molar-refractivity contribution in [2.24, 2.45) is 0 Å². The summed E-state index contributed by atoms with van der Waals surface area (Å²) in [6.45, 7) is 1.22. The van der Waals surface area contributed by atoms with E-state index in [0.717, 1.165) is 12.0 Å². The molecule has 1 aromatic heterocycles. The van der Waals surface area contributed by atoms with Crippen LogP contribution in [0.1, 0.15) is 12.0 Å². The standard InChI is InChI=1S/C17H16ClN3O2/c18-15-4-2-1-3-13(15)5-6-17(22)21-10-8-14(11-21)23-16-7-9-19-12-20-16/h1-7,9,12,14H,8,10-11H2/b6-5+. The van der Waals surface area contributed by atoms with Gasteiger partial charge in [0, 0.05) is 36.3 Å². The molecule has 1 aliphatic heterocycles. The average Bonchev–Trinajstić information content (AvgIpc) is 3.03. The second-order valence-electron chi connectivity index (χ2n) is 5.22.